The fourth-order valence-electron chi connectivity index (χ4n) is 2.21. The van der Waals surface area contributed by atoms with Gasteiger partial charge in [0.15, 0.2) is 0 Å². The summed E-state index contributed by atoms with van der Waals surface area (Å²) in [5.74, 6) is 0.371. The highest BCUT2D eigenvalue weighted by Gasteiger charge is 2.36. The van der Waals surface area contributed by atoms with E-state index in [1.807, 2.05) is 13.8 Å². The summed E-state index contributed by atoms with van der Waals surface area (Å²) in [7, 11) is 0. The Bertz CT molecular complexity index is 203. The minimum absolute atomic E-state index is 0.110. The van der Waals surface area contributed by atoms with Gasteiger partial charge in [0.2, 0.25) is 0 Å². The molecule has 0 aliphatic heterocycles. The third-order valence-corrected chi connectivity index (χ3v) is 3.17. The van der Waals surface area contributed by atoms with E-state index < -0.39 is 0 Å². The molecule has 3 nitrogen and oxygen atoms in total. The summed E-state index contributed by atoms with van der Waals surface area (Å²) in [5.41, 5.74) is 0. The second-order valence-corrected chi connectivity index (χ2v) is 4.35. The zero-order valence-electron chi connectivity index (χ0n) is 9.19. The summed E-state index contributed by atoms with van der Waals surface area (Å²) in [4.78, 5) is 11.5. The molecule has 0 radical (unpaired) electrons. The normalized spacial score (nSPS) is 38.0. The molecule has 0 spiro atoms. The van der Waals surface area contributed by atoms with Gasteiger partial charge in [-0.1, -0.05) is 13.8 Å². The molecule has 0 unspecified atom stereocenters. The summed E-state index contributed by atoms with van der Waals surface area (Å²) in [6.45, 7) is 6.32. The van der Waals surface area contributed by atoms with Gasteiger partial charge < -0.3 is 9.84 Å². The van der Waals surface area contributed by atoms with Crippen molar-refractivity contribution < 1.29 is 14.6 Å². The van der Waals surface area contributed by atoms with Crippen molar-refractivity contribution in [1.82, 2.24) is 0 Å². The number of carbonyl (C=O) groups is 1. The number of esters is 1. The first kappa shape index (κ1) is 11.5. The predicted octanol–water partition coefficient (Wildman–Crippen LogP) is 1.59. The number of hydrogen-bond donors (Lipinski definition) is 1. The van der Waals surface area contributed by atoms with Gasteiger partial charge in [-0.3, -0.25) is 4.79 Å². The van der Waals surface area contributed by atoms with Gasteiger partial charge in [-0.05, 0) is 31.6 Å². The SMILES string of the molecule is CCOC(=O)[C@@H]1C[C@H](O)[C@@H](C)C[C@H]1C. The molecule has 3 heteroatoms. The third kappa shape index (κ3) is 2.47. The number of ether oxygens (including phenoxy) is 1. The molecule has 0 aromatic heterocycles. The van der Waals surface area contributed by atoms with Crippen molar-refractivity contribution in [2.75, 3.05) is 6.61 Å². The van der Waals surface area contributed by atoms with Crippen LogP contribution in [0, 0.1) is 17.8 Å². The van der Waals surface area contributed by atoms with Crippen LogP contribution in [0.3, 0.4) is 0 Å². The van der Waals surface area contributed by atoms with Crippen LogP contribution in [0.25, 0.3) is 0 Å². The quantitative estimate of drug-likeness (QED) is 0.689. The fourth-order valence-corrected chi connectivity index (χ4v) is 2.21. The second-order valence-electron chi connectivity index (χ2n) is 4.35. The van der Waals surface area contributed by atoms with E-state index in [1.54, 1.807) is 0 Å². The maximum Gasteiger partial charge on any atom is 0.309 e. The van der Waals surface area contributed by atoms with E-state index in [0.717, 1.165) is 6.42 Å². The molecular weight excluding hydrogens is 180 g/mol. The van der Waals surface area contributed by atoms with Gasteiger partial charge in [0.05, 0.1) is 18.6 Å². The van der Waals surface area contributed by atoms with Crippen LogP contribution in [0.2, 0.25) is 0 Å². The molecule has 14 heavy (non-hydrogen) atoms. The lowest BCUT2D eigenvalue weighted by Gasteiger charge is -2.34. The summed E-state index contributed by atoms with van der Waals surface area (Å²) >= 11 is 0. The standard InChI is InChI=1S/C11H20O3/c1-4-14-11(13)9-6-10(12)8(3)5-7(9)2/h7-10,12H,4-6H2,1-3H3/t7-,8+,9-,10+/m1/s1. The van der Waals surface area contributed by atoms with Gasteiger partial charge in [-0.25, -0.2) is 0 Å². The molecule has 1 aliphatic carbocycles. The topological polar surface area (TPSA) is 46.5 Å². The first-order chi connectivity index (χ1) is 6.56. The minimum Gasteiger partial charge on any atom is -0.466 e. The zero-order chi connectivity index (χ0) is 10.7. The van der Waals surface area contributed by atoms with E-state index in [0.29, 0.717) is 24.9 Å². The highest BCUT2D eigenvalue weighted by Crippen LogP contribution is 2.34. The molecule has 1 fully saturated rings. The van der Waals surface area contributed by atoms with Gasteiger partial charge in [-0.15, -0.1) is 0 Å². The van der Waals surface area contributed by atoms with Crippen molar-refractivity contribution in [1.29, 1.82) is 0 Å². The van der Waals surface area contributed by atoms with Gasteiger partial charge in [-0.2, -0.15) is 0 Å². The molecule has 1 saturated carbocycles. The minimum atomic E-state index is -0.347. The largest absolute Gasteiger partial charge is 0.466 e. The van der Waals surface area contributed by atoms with Crippen molar-refractivity contribution in [2.45, 2.75) is 39.7 Å². The van der Waals surface area contributed by atoms with Crippen molar-refractivity contribution in [3.63, 3.8) is 0 Å². The van der Waals surface area contributed by atoms with Crippen LogP contribution in [0.15, 0.2) is 0 Å². The lowest BCUT2D eigenvalue weighted by Crippen LogP contribution is -2.37. The Kier molecular flexibility index (Phi) is 3.93. The van der Waals surface area contributed by atoms with E-state index in [4.69, 9.17) is 4.74 Å². The van der Waals surface area contributed by atoms with E-state index in [1.165, 1.54) is 0 Å². The van der Waals surface area contributed by atoms with Crippen molar-refractivity contribution in [3.05, 3.63) is 0 Å². The molecule has 0 aromatic carbocycles. The van der Waals surface area contributed by atoms with Crippen LogP contribution in [0.4, 0.5) is 0 Å². The molecule has 0 amide bonds. The zero-order valence-corrected chi connectivity index (χ0v) is 9.19. The van der Waals surface area contributed by atoms with Gasteiger partial charge >= 0.3 is 5.97 Å². The Morgan fingerprint density at radius 3 is 2.57 bits per heavy atom. The van der Waals surface area contributed by atoms with E-state index >= 15 is 0 Å². The predicted molar refractivity (Wildman–Crippen MR) is 53.7 cm³/mol. The first-order valence-corrected chi connectivity index (χ1v) is 5.41. The Labute approximate surface area is 85.5 Å². The third-order valence-electron chi connectivity index (χ3n) is 3.17. The molecule has 1 rings (SSSR count). The van der Waals surface area contributed by atoms with Crippen molar-refractivity contribution in [2.24, 2.45) is 17.8 Å². The highest BCUT2D eigenvalue weighted by molar-refractivity contribution is 5.72. The molecule has 0 saturated heterocycles. The highest BCUT2D eigenvalue weighted by atomic mass is 16.5. The van der Waals surface area contributed by atoms with Gasteiger partial charge in [0.1, 0.15) is 0 Å². The Morgan fingerprint density at radius 1 is 1.36 bits per heavy atom. The molecule has 0 aromatic rings. The molecule has 4 atom stereocenters. The number of carbonyl (C=O) groups excluding carboxylic acids is 1. The van der Waals surface area contributed by atoms with E-state index in [9.17, 15) is 9.90 Å². The first-order valence-electron chi connectivity index (χ1n) is 5.41. The molecule has 0 bridgehead atoms. The molecule has 1 N–H and O–H groups in total. The molecule has 1 aliphatic rings. The average molecular weight is 200 g/mol. The van der Waals surface area contributed by atoms with Crippen LogP contribution >= 0.6 is 0 Å². The summed E-state index contributed by atoms with van der Waals surface area (Å²) < 4.78 is 4.99. The van der Waals surface area contributed by atoms with Crippen molar-refractivity contribution in [3.8, 4) is 0 Å². The maximum absolute atomic E-state index is 11.5. The fraction of sp³-hybridized carbons (Fsp3) is 0.909. The molecular formula is C11H20O3. The lowest BCUT2D eigenvalue weighted by atomic mass is 9.74. The number of rotatable bonds is 2. The van der Waals surface area contributed by atoms with Gasteiger partial charge in [0, 0.05) is 0 Å². The van der Waals surface area contributed by atoms with E-state index in [-0.39, 0.29) is 18.0 Å². The summed E-state index contributed by atoms with van der Waals surface area (Å²) in [6, 6.07) is 0. The summed E-state index contributed by atoms with van der Waals surface area (Å²) in [5, 5.41) is 9.68. The average Bonchev–Trinajstić information content (AvgIpc) is 2.11. The smallest absolute Gasteiger partial charge is 0.309 e. The van der Waals surface area contributed by atoms with Crippen molar-refractivity contribution >= 4 is 5.97 Å². The van der Waals surface area contributed by atoms with Gasteiger partial charge in [0.25, 0.3) is 0 Å². The van der Waals surface area contributed by atoms with Crippen LogP contribution in [-0.2, 0) is 9.53 Å². The maximum atomic E-state index is 11.5. The second kappa shape index (κ2) is 4.78. The van der Waals surface area contributed by atoms with Crippen LogP contribution in [0.5, 0.6) is 0 Å². The Balaban J connectivity index is 2.56. The molecule has 82 valence electrons. The van der Waals surface area contributed by atoms with E-state index in [2.05, 4.69) is 6.92 Å². The number of aliphatic hydroxyl groups excluding tert-OH is 1. The van der Waals surface area contributed by atoms with Crippen LogP contribution in [0.1, 0.15) is 33.6 Å². The Morgan fingerprint density at radius 2 is 2.00 bits per heavy atom. The number of hydrogen-bond acceptors (Lipinski definition) is 3. The lowest BCUT2D eigenvalue weighted by molar-refractivity contribution is -0.153. The molecule has 0 heterocycles. The van der Waals surface area contributed by atoms with Crippen LogP contribution < -0.4 is 0 Å². The van der Waals surface area contributed by atoms with Crippen LogP contribution in [-0.4, -0.2) is 23.8 Å². The number of aliphatic hydroxyl groups is 1. The Hall–Kier alpha value is -0.570. The summed E-state index contributed by atoms with van der Waals surface area (Å²) in [6.07, 6.45) is 1.12. The monoisotopic (exact) mass is 200 g/mol.